The van der Waals surface area contributed by atoms with Gasteiger partial charge in [-0.25, -0.2) is 0 Å². The Morgan fingerprint density at radius 3 is 3.06 bits per heavy atom. The highest BCUT2D eigenvalue weighted by atomic mass is 16.5. The zero-order valence-corrected chi connectivity index (χ0v) is 9.56. The highest BCUT2D eigenvalue weighted by Crippen LogP contribution is 2.31. The number of carbonyl (C=O) groups excluding carboxylic acids is 1. The van der Waals surface area contributed by atoms with E-state index in [0.717, 1.165) is 12.8 Å². The van der Waals surface area contributed by atoms with E-state index in [9.17, 15) is 4.79 Å². The molecule has 2 aliphatic rings. The fourth-order valence-electron chi connectivity index (χ4n) is 2.43. The Bertz CT molecular complexity index is 330. The molecule has 1 aliphatic heterocycles. The van der Waals surface area contributed by atoms with Crippen molar-refractivity contribution >= 4 is 5.78 Å². The molecule has 1 aliphatic carbocycles. The van der Waals surface area contributed by atoms with E-state index in [1.54, 1.807) is 6.08 Å². The Balaban J connectivity index is 2.10. The van der Waals surface area contributed by atoms with Crippen molar-refractivity contribution in [3.05, 3.63) is 23.8 Å². The van der Waals surface area contributed by atoms with E-state index in [1.807, 2.05) is 6.08 Å². The van der Waals surface area contributed by atoms with E-state index in [-0.39, 0.29) is 18.5 Å². The van der Waals surface area contributed by atoms with E-state index in [0.29, 0.717) is 5.92 Å². The maximum atomic E-state index is 11.3. The van der Waals surface area contributed by atoms with Crippen LogP contribution in [-0.2, 0) is 9.53 Å². The number of hydrogen-bond acceptors (Lipinski definition) is 3. The number of allylic oxidation sites excluding steroid dienone is 1. The van der Waals surface area contributed by atoms with Crippen LogP contribution in [0.4, 0.5) is 0 Å². The lowest BCUT2D eigenvalue weighted by Crippen LogP contribution is -2.38. The first-order chi connectivity index (χ1) is 7.72. The largest absolute Gasteiger partial charge is 0.393 e. The Kier molecular flexibility index (Phi) is 3.56. The van der Waals surface area contributed by atoms with Crippen LogP contribution in [0.3, 0.4) is 0 Å². The quantitative estimate of drug-likeness (QED) is 0.722. The molecular weight excluding hydrogens is 204 g/mol. The topological polar surface area (TPSA) is 46.5 Å². The number of ether oxygens (including phenoxy) is 1. The Hall–Kier alpha value is -0.930. The summed E-state index contributed by atoms with van der Waals surface area (Å²) in [6.45, 7) is 1.89. The predicted octanol–water partition coefficient (Wildman–Crippen LogP) is 1.62. The average molecular weight is 222 g/mol. The number of carbonyl (C=O) groups is 1. The summed E-state index contributed by atoms with van der Waals surface area (Å²) in [7, 11) is 0. The first kappa shape index (κ1) is 11.6. The molecule has 88 valence electrons. The van der Waals surface area contributed by atoms with E-state index in [4.69, 9.17) is 9.84 Å². The van der Waals surface area contributed by atoms with Crippen LogP contribution in [0.1, 0.15) is 26.2 Å². The van der Waals surface area contributed by atoms with Gasteiger partial charge in [0.25, 0.3) is 0 Å². The summed E-state index contributed by atoms with van der Waals surface area (Å²) in [6.07, 6.45) is 8.34. The van der Waals surface area contributed by atoms with Crippen molar-refractivity contribution in [3.8, 4) is 0 Å². The van der Waals surface area contributed by atoms with Gasteiger partial charge in [0.1, 0.15) is 6.10 Å². The van der Waals surface area contributed by atoms with Gasteiger partial charge in [0.2, 0.25) is 0 Å². The van der Waals surface area contributed by atoms with Gasteiger partial charge < -0.3 is 9.84 Å². The lowest BCUT2D eigenvalue weighted by Gasteiger charge is -2.32. The smallest absolute Gasteiger partial charge is 0.186 e. The molecule has 0 aromatic rings. The van der Waals surface area contributed by atoms with Crippen LogP contribution in [0.5, 0.6) is 0 Å². The summed E-state index contributed by atoms with van der Waals surface area (Å²) in [5, 5.41) is 9.05. The predicted molar refractivity (Wildman–Crippen MR) is 61.0 cm³/mol. The lowest BCUT2D eigenvalue weighted by molar-refractivity contribution is -0.134. The molecule has 0 saturated carbocycles. The van der Waals surface area contributed by atoms with Crippen LogP contribution < -0.4 is 0 Å². The third-order valence-corrected chi connectivity index (χ3v) is 3.42. The summed E-state index contributed by atoms with van der Waals surface area (Å²) in [5.41, 5.74) is 1.34. The molecule has 1 N–H and O–H groups in total. The van der Waals surface area contributed by atoms with Gasteiger partial charge in [0, 0.05) is 5.92 Å². The van der Waals surface area contributed by atoms with E-state index in [1.165, 1.54) is 12.0 Å². The van der Waals surface area contributed by atoms with Gasteiger partial charge in [0.15, 0.2) is 5.78 Å². The molecule has 3 nitrogen and oxygen atoms in total. The van der Waals surface area contributed by atoms with Gasteiger partial charge in [-0.2, -0.15) is 0 Å². The van der Waals surface area contributed by atoms with Crippen LogP contribution in [-0.4, -0.2) is 29.7 Å². The molecule has 0 aromatic heterocycles. The Labute approximate surface area is 95.8 Å². The maximum absolute atomic E-state index is 11.3. The van der Waals surface area contributed by atoms with Gasteiger partial charge in [-0.05, 0) is 32.3 Å². The van der Waals surface area contributed by atoms with Gasteiger partial charge in [0.05, 0.1) is 12.7 Å². The fourth-order valence-corrected chi connectivity index (χ4v) is 2.43. The minimum Gasteiger partial charge on any atom is -0.393 e. The van der Waals surface area contributed by atoms with Crippen molar-refractivity contribution in [2.45, 2.75) is 38.4 Å². The molecule has 2 rings (SSSR count). The number of aliphatic hydroxyl groups is 1. The van der Waals surface area contributed by atoms with E-state index >= 15 is 0 Å². The first-order valence-electron chi connectivity index (χ1n) is 5.87. The van der Waals surface area contributed by atoms with Gasteiger partial charge in [-0.3, -0.25) is 4.79 Å². The van der Waals surface area contributed by atoms with Crippen molar-refractivity contribution in [1.82, 2.24) is 0 Å². The normalized spacial score (nSPS) is 35.0. The summed E-state index contributed by atoms with van der Waals surface area (Å²) >= 11 is 0. The second-order valence-corrected chi connectivity index (χ2v) is 4.52. The molecule has 3 heteroatoms. The molecule has 3 unspecified atom stereocenters. The highest BCUT2D eigenvalue weighted by molar-refractivity contribution is 5.94. The summed E-state index contributed by atoms with van der Waals surface area (Å²) in [6, 6.07) is 0. The molecule has 1 heterocycles. The molecule has 0 fully saturated rings. The summed E-state index contributed by atoms with van der Waals surface area (Å²) in [4.78, 5) is 11.3. The molecule has 0 spiro atoms. The lowest BCUT2D eigenvalue weighted by atomic mass is 9.83. The van der Waals surface area contributed by atoms with E-state index < -0.39 is 6.10 Å². The maximum Gasteiger partial charge on any atom is 0.186 e. The molecule has 3 atom stereocenters. The monoisotopic (exact) mass is 222 g/mol. The van der Waals surface area contributed by atoms with Crippen LogP contribution in [0.25, 0.3) is 0 Å². The van der Waals surface area contributed by atoms with Crippen molar-refractivity contribution in [2.75, 3.05) is 6.61 Å². The highest BCUT2D eigenvalue weighted by Gasteiger charge is 2.31. The molecule has 0 amide bonds. The SMILES string of the molecule is CC1=CCCCC1C1C=CC(=O)C(CO)O1. The number of hydrogen-bond donors (Lipinski definition) is 1. The fraction of sp³-hybridized carbons (Fsp3) is 0.615. The zero-order chi connectivity index (χ0) is 11.5. The van der Waals surface area contributed by atoms with Gasteiger partial charge in [-0.15, -0.1) is 0 Å². The first-order valence-corrected chi connectivity index (χ1v) is 5.87. The van der Waals surface area contributed by atoms with Gasteiger partial charge in [-0.1, -0.05) is 17.7 Å². The summed E-state index contributed by atoms with van der Waals surface area (Å²) < 4.78 is 5.63. The second-order valence-electron chi connectivity index (χ2n) is 4.52. The Morgan fingerprint density at radius 2 is 2.38 bits per heavy atom. The third-order valence-electron chi connectivity index (χ3n) is 3.42. The molecule has 0 bridgehead atoms. The molecular formula is C13H18O3. The minimum absolute atomic E-state index is 0.0496. The zero-order valence-electron chi connectivity index (χ0n) is 9.56. The number of rotatable bonds is 2. The van der Waals surface area contributed by atoms with Crippen LogP contribution in [0.15, 0.2) is 23.8 Å². The van der Waals surface area contributed by atoms with Crippen LogP contribution in [0, 0.1) is 5.92 Å². The molecule has 0 aromatic carbocycles. The van der Waals surface area contributed by atoms with Crippen molar-refractivity contribution in [3.63, 3.8) is 0 Å². The standard InChI is InChI=1S/C13H18O3/c1-9-4-2-3-5-10(9)12-7-6-11(15)13(8-14)16-12/h4,6-7,10,12-14H,2-3,5,8H2,1H3. The van der Waals surface area contributed by atoms with Crippen molar-refractivity contribution in [1.29, 1.82) is 0 Å². The van der Waals surface area contributed by atoms with Crippen molar-refractivity contribution in [2.24, 2.45) is 5.92 Å². The average Bonchev–Trinajstić information content (AvgIpc) is 2.31. The minimum atomic E-state index is -0.662. The van der Waals surface area contributed by atoms with Crippen molar-refractivity contribution < 1.29 is 14.6 Å². The second kappa shape index (κ2) is 4.93. The third kappa shape index (κ3) is 2.25. The molecule has 16 heavy (non-hydrogen) atoms. The van der Waals surface area contributed by atoms with Crippen LogP contribution in [0.2, 0.25) is 0 Å². The molecule has 0 saturated heterocycles. The Morgan fingerprint density at radius 1 is 1.56 bits per heavy atom. The van der Waals surface area contributed by atoms with E-state index in [2.05, 4.69) is 13.0 Å². The van der Waals surface area contributed by atoms with Crippen LogP contribution >= 0.6 is 0 Å². The number of aliphatic hydroxyl groups excluding tert-OH is 1. The van der Waals surface area contributed by atoms with Gasteiger partial charge >= 0.3 is 0 Å². The molecule has 0 radical (unpaired) electrons. The summed E-state index contributed by atoms with van der Waals surface area (Å²) in [5.74, 6) is 0.239. The number of ketones is 1.